The highest BCUT2D eigenvalue weighted by Gasteiger charge is 2.34. The van der Waals surface area contributed by atoms with Gasteiger partial charge in [0.2, 0.25) is 0 Å². The molecule has 0 spiro atoms. The van der Waals surface area contributed by atoms with Crippen LogP contribution in [0.4, 0.5) is 10.5 Å². The predicted molar refractivity (Wildman–Crippen MR) is 88.5 cm³/mol. The second-order valence-electron chi connectivity index (χ2n) is 6.74. The molecule has 2 amide bonds. The molecule has 0 aromatic heterocycles. The highest BCUT2D eigenvalue weighted by molar-refractivity contribution is 5.75. The molecule has 2 N–H and O–H groups in total. The Bertz CT molecular complexity index is 592. The standard InChI is InChI=1S/C17H23N3O4/c21-16-9-3-13(4-10-16)18-17(22)19(14-7-8-14)11-12-1-5-15(6-2-12)20(23)24/h1-2,5-6,13-14,16,21H,3-4,7-11H2,(H,18,22). The minimum atomic E-state index is -0.424. The SMILES string of the molecule is O=C(NC1CCC(O)CC1)N(Cc1ccc([N+](=O)[O-])cc1)C1CC1. The molecule has 0 atom stereocenters. The van der Waals surface area contributed by atoms with E-state index in [2.05, 4.69) is 5.32 Å². The highest BCUT2D eigenvalue weighted by atomic mass is 16.6. The van der Waals surface area contributed by atoms with E-state index in [1.165, 1.54) is 12.1 Å². The van der Waals surface area contributed by atoms with Crippen molar-refractivity contribution in [3.05, 3.63) is 39.9 Å². The van der Waals surface area contributed by atoms with Gasteiger partial charge in [0, 0.05) is 30.8 Å². The van der Waals surface area contributed by atoms with E-state index < -0.39 is 4.92 Å². The van der Waals surface area contributed by atoms with Gasteiger partial charge in [-0.15, -0.1) is 0 Å². The topological polar surface area (TPSA) is 95.7 Å². The van der Waals surface area contributed by atoms with E-state index in [9.17, 15) is 20.0 Å². The van der Waals surface area contributed by atoms with E-state index in [4.69, 9.17) is 0 Å². The summed E-state index contributed by atoms with van der Waals surface area (Å²) in [6.45, 7) is 0.462. The Morgan fingerprint density at radius 2 is 1.79 bits per heavy atom. The van der Waals surface area contributed by atoms with Crippen LogP contribution < -0.4 is 5.32 Å². The van der Waals surface area contributed by atoms with Gasteiger partial charge in [-0.3, -0.25) is 10.1 Å². The summed E-state index contributed by atoms with van der Waals surface area (Å²) in [6, 6.07) is 6.67. The van der Waals surface area contributed by atoms with Gasteiger partial charge in [0.1, 0.15) is 0 Å². The number of non-ortho nitro benzene ring substituents is 1. The van der Waals surface area contributed by atoms with Gasteiger partial charge in [-0.2, -0.15) is 0 Å². The molecule has 0 unspecified atom stereocenters. The minimum Gasteiger partial charge on any atom is -0.393 e. The summed E-state index contributed by atoms with van der Waals surface area (Å²) in [7, 11) is 0. The third-order valence-electron chi connectivity index (χ3n) is 4.77. The predicted octanol–water partition coefficient (Wildman–Crippen LogP) is 2.57. The number of benzene rings is 1. The molecule has 24 heavy (non-hydrogen) atoms. The maximum atomic E-state index is 12.6. The van der Waals surface area contributed by atoms with Crippen molar-refractivity contribution in [1.29, 1.82) is 0 Å². The lowest BCUT2D eigenvalue weighted by Crippen LogP contribution is -2.47. The Morgan fingerprint density at radius 1 is 1.17 bits per heavy atom. The van der Waals surface area contributed by atoms with Crippen molar-refractivity contribution in [3.63, 3.8) is 0 Å². The number of rotatable bonds is 5. The van der Waals surface area contributed by atoms with E-state index in [-0.39, 0.29) is 29.9 Å². The molecule has 0 aliphatic heterocycles. The Morgan fingerprint density at radius 3 is 2.33 bits per heavy atom. The molecule has 0 saturated heterocycles. The van der Waals surface area contributed by atoms with E-state index >= 15 is 0 Å². The summed E-state index contributed by atoms with van der Waals surface area (Å²) in [4.78, 5) is 24.7. The molecular weight excluding hydrogens is 310 g/mol. The first kappa shape index (κ1) is 16.7. The lowest BCUT2D eigenvalue weighted by atomic mass is 9.93. The van der Waals surface area contributed by atoms with Crippen LogP contribution in [-0.4, -0.2) is 39.1 Å². The zero-order chi connectivity index (χ0) is 17.1. The minimum absolute atomic E-state index is 0.0573. The lowest BCUT2D eigenvalue weighted by Gasteiger charge is -2.30. The van der Waals surface area contributed by atoms with Gasteiger partial charge in [0.05, 0.1) is 11.0 Å². The molecule has 2 saturated carbocycles. The van der Waals surface area contributed by atoms with Crippen molar-refractivity contribution in [2.24, 2.45) is 0 Å². The maximum Gasteiger partial charge on any atom is 0.318 e. The Hall–Kier alpha value is -2.15. The number of nitro benzene ring substituents is 1. The van der Waals surface area contributed by atoms with Crippen LogP contribution in [0.5, 0.6) is 0 Å². The number of nitrogens with one attached hydrogen (secondary N) is 1. The molecule has 7 nitrogen and oxygen atoms in total. The van der Waals surface area contributed by atoms with Crippen molar-refractivity contribution < 1.29 is 14.8 Å². The van der Waals surface area contributed by atoms with E-state index in [0.29, 0.717) is 6.54 Å². The summed E-state index contributed by atoms with van der Waals surface area (Å²) in [5.41, 5.74) is 0.948. The lowest BCUT2D eigenvalue weighted by molar-refractivity contribution is -0.384. The Kier molecular flexibility index (Phi) is 4.99. The molecular formula is C17H23N3O4. The molecule has 130 valence electrons. The second kappa shape index (κ2) is 7.17. The number of nitro groups is 1. The molecule has 3 rings (SSSR count). The van der Waals surface area contributed by atoms with Crippen LogP contribution in [0.25, 0.3) is 0 Å². The fourth-order valence-corrected chi connectivity index (χ4v) is 3.15. The monoisotopic (exact) mass is 333 g/mol. The first-order chi connectivity index (χ1) is 11.5. The Balaban J connectivity index is 1.60. The summed E-state index contributed by atoms with van der Waals surface area (Å²) in [5, 5.41) is 23.4. The molecule has 7 heteroatoms. The van der Waals surface area contributed by atoms with Crippen LogP contribution in [0.15, 0.2) is 24.3 Å². The number of carbonyl (C=O) groups excluding carboxylic acids is 1. The van der Waals surface area contributed by atoms with Crippen molar-refractivity contribution in [2.75, 3.05) is 0 Å². The Labute approximate surface area is 140 Å². The second-order valence-corrected chi connectivity index (χ2v) is 6.74. The molecule has 1 aromatic rings. The van der Waals surface area contributed by atoms with E-state index in [1.807, 2.05) is 4.90 Å². The van der Waals surface area contributed by atoms with Crippen molar-refractivity contribution in [1.82, 2.24) is 10.2 Å². The number of hydrogen-bond acceptors (Lipinski definition) is 4. The van der Waals surface area contributed by atoms with E-state index in [1.54, 1.807) is 12.1 Å². The van der Waals surface area contributed by atoms with Crippen LogP contribution in [0.1, 0.15) is 44.1 Å². The van der Waals surface area contributed by atoms with Gasteiger partial charge in [0.25, 0.3) is 5.69 Å². The summed E-state index contributed by atoms with van der Waals surface area (Å²) < 4.78 is 0. The first-order valence-electron chi connectivity index (χ1n) is 8.51. The molecule has 0 heterocycles. The maximum absolute atomic E-state index is 12.6. The zero-order valence-electron chi connectivity index (χ0n) is 13.6. The average molecular weight is 333 g/mol. The number of amides is 2. The van der Waals surface area contributed by atoms with Crippen LogP contribution in [0.3, 0.4) is 0 Å². The molecule has 2 fully saturated rings. The fraction of sp³-hybridized carbons (Fsp3) is 0.588. The molecule has 2 aliphatic carbocycles. The van der Waals surface area contributed by atoms with Crippen LogP contribution in [-0.2, 0) is 6.54 Å². The normalized spacial score (nSPS) is 23.5. The molecule has 2 aliphatic rings. The van der Waals surface area contributed by atoms with Crippen LogP contribution >= 0.6 is 0 Å². The summed E-state index contributed by atoms with van der Waals surface area (Å²) in [6.07, 6.45) is 4.85. The third-order valence-corrected chi connectivity index (χ3v) is 4.77. The zero-order valence-corrected chi connectivity index (χ0v) is 13.6. The van der Waals surface area contributed by atoms with Crippen molar-refractivity contribution in [2.45, 2.75) is 63.3 Å². The summed E-state index contributed by atoms with van der Waals surface area (Å²) >= 11 is 0. The average Bonchev–Trinajstić information content (AvgIpc) is 3.40. The van der Waals surface area contributed by atoms with Crippen molar-refractivity contribution >= 4 is 11.7 Å². The first-order valence-corrected chi connectivity index (χ1v) is 8.51. The third kappa shape index (κ3) is 4.23. The number of urea groups is 1. The number of aliphatic hydroxyl groups excluding tert-OH is 1. The molecule has 0 bridgehead atoms. The molecule has 0 radical (unpaired) electrons. The number of aliphatic hydroxyl groups is 1. The largest absolute Gasteiger partial charge is 0.393 e. The number of carbonyl (C=O) groups is 1. The van der Waals surface area contributed by atoms with Crippen molar-refractivity contribution in [3.8, 4) is 0 Å². The molecule has 1 aromatic carbocycles. The van der Waals surface area contributed by atoms with Gasteiger partial charge in [0.15, 0.2) is 0 Å². The summed E-state index contributed by atoms with van der Waals surface area (Å²) in [5.74, 6) is 0. The van der Waals surface area contributed by atoms with Gasteiger partial charge in [-0.05, 0) is 44.1 Å². The van der Waals surface area contributed by atoms with E-state index in [0.717, 1.165) is 44.1 Å². The van der Waals surface area contributed by atoms with Gasteiger partial charge in [-0.25, -0.2) is 4.79 Å². The smallest absolute Gasteiger partial charge is 0.318 e. The van der Waals surface area contributed by atoms with Crippen LogP contribution in [0, 0.1) is 10.1 Å². The number of hydrogen-bond donors (Lipinski definition) is 2. The van der Waals surface area contributed by atoms with Gasteiger partial charge < -0.3 is 15.3 Å². The highest BCUT2D eigenvalue weighted by Crippen LogP contribution is 2.29. The quantitative estimate of drug-likeness (QED) is 0.639. The fourth-order valence-electron chi connectivity index (χ4n) is 3.15. The van der Waals surface area contributed by atoms with Gasteiger partial charge >= 0.3 is 6.03 Å². The number of nitrogens with zero attached hydrogens (tertiary/aromatic N) is 2. The van der Waals surface area contributed by atoms with Gasteiger partial charge in [-0.1, -0.05) is 12.1 Å². The van der Waals surface area contributed by atoms with Crippen LogP contribution in [0.2, 0.25) is 0 Å².